The van der Waals surface area contributed by atoms with Crippen LogP contribution in [0.5, 0.6) is 0 Å². The number of nitrogens with zero attached hydrogens (tertiary/aromatic N) is 2. The molecule has 5 aliphatic carbocycles. The lowest BCUT2D eigenvalue weighted by Crippen LogP contribution is -2.65. The first-order valence-corrected chi connectivity index (χ1v) is 18.4. The molecule has 47 heavy (non-hydrogen) atoms. The van der Waals surface area contributed by atoms with Gasteiger partial charge in [0.2, 0.25) is 0 Å². The van der Waals surface area contributed by atoms with E-state index in [0.29, 0.717) is 11.8 Å². The van der Waals surface area contributed by atoms with Crippen LogP contribution in [-0.2, 0) is 25.7 Å². The van der Waals surface area contributed by atoms with Crippen molar-refractivity contribution in [1.29, 1.82) is 0 Å². The number of ether oxygens (including phenoxy) is 2. The van der Waals surface area contributed by atoms with Crippen LogP contribution in [0.15, 0.2) is 11.6 Å². The van der Waals surface area contributed by atoms with Gasteiger partial charge >= 0.3 is 11.9 Å². The average Bonchev–Trinajstić information content (AvgIpc) is 2.99. The lowest BCUT2D eigenvalue weighted by atomic mass is 9.33. The molecule has 0 aliphatic heterocycles. The zero-order valence-electron chi connectivity index (χ0n) is 31.0. The molecule has 1 aromatic heterocycles. The summed E-state index contributed by atoms with van der Waals surface area (Å²) in [5.74, 6) is 0.877. The molecule has 0 bridgehead atoms. The Bertz CT molecular complexity index is 1480. The molecular weight excluding hydrogens is 586 g/mol. The summed E-state index contributed by atoms with van der Waals surface area (Å²) in [7, 11) is 0. The summed E-state index contributed by atoms with van der Waals surface area (Å²) < 4.78 is 12.2. The minimum Gasteiger partial charge on any atom is -0.461 e. The summed E-state index contributed by atoms with van der Waals surface area (Å²) >= 11 is 0. The normalized spacial score (nSPS) is 40.1. The lowest BCUT2D eigenvalue weighted by Gasteiger charge is -2.71. The van der Waals surface area contributed by atoms with Crippen LogP contribution in [0.4, 0.5) is 0 Å². The number of aromatic nitrogens is 2. The zero-order valence-corrected chi connectivity index (χ0v) is 31.0. The van der Waals surface area contributed by atoms with E-state index in [2.05, 4.69) is 59.5 Å². The van der Waals surface area contributed by atoms with Gasteiger partial charge in [-0.05, 0) is 124 Å². The van der Waals surface area contributed by atoms with Crippen molar-refractivity contribution in [3.8, 4) is 0 Å². The van der Waals surface area contributed by atoms with Gasteiger partial charge < -0.3 is 15.2 Å². The molecule has 7 heteroatoms. The fourth-order valence-electron chi connectivity index (χ4n) is 12.2. The molecule has 0 unspecified atom stereocenters. The van der Waals surface area contributed by atoms with Crippen molar-refractivity contribution in [2.45, 2.75) is 146 Å². The number of rotatable bonds is 5. The molecule has 1 heterocycles. The van der Waals surface area contributed by atoms with E-state index in [4.69, 9.17) is 20.2 Å². The molecule has 4 fully saturated rings. The highest BCUT2D eigenvalue weighted by molar-refractivity contribution is 5.79. The Morgan fingerprint density at radius 1 is 0.851 bits per heavy atom. The highest BCUT2D eigenvalue weighted by Crippen LogP contribution is 2.76. The highest BCUT2D eigenvalue weighted by Gasteiger charge is 2.69. The van der Waals surface area contributed by atoms with Crippen LogP contribution in [0, 0.1) is 71.0 Å². The maximum Gasteiger partial charge on any atom is 0.319 e. The summed E-state index contributed by atoms with van der Waals surface area (Å²) in [6.07, 6.45) is 12.7. The number of fused-ring (bicyclic) bond motifs is 7. The maximum atomic E-state index is 14.4. The van der Waals surface area contributed by atoms with Gasteiger partial charge in [0.1, 0.15) is 12.7 Å². The van der Waals surface area contributed by atoms with Gasteiger partial charge in [-0.1, -0.05) is 60.1 Å². The number of nitrogens with two attached hydrogens (primary N) is 1. The van der Waals surface area contributed by atoms with Crippen LogP contribution in [0.3, 0.4) is 0 Å². The van der Waals surface area contributed by atoms with Crippen molar-refractivity contribution >= 4 is 11.9 Å². The van der Waals surface area contributed by atoms with Crippen LogP contribution in [-0.4, -0.2) is 34.6 Å². The molecule has 4 saturated carbocycles. The van der Waals surface area contributed by atoms with Crippen molar-refractivity contribution in [3.05, 3.63) is 34.4 Å². The molecule has 1 aromatic rings. The fourth-order valence-corrected chi connectivity index (χ4v) is 12.2. The van der Waals surface area contributed by atoms with Crippen molar-refractivity contribution in [2.75, 3.05) is 6.54 Å². The predicted octanol–water partition coefficient (Wildman–Crippen LogP) is 8.12. The third-order valence-electron chi connectivity index (χ3n) is 15.3. The Morgan fingerprint density at radius 2 is 1.53 bits per heavy atom. The molecule has 6 rings (SSSR count). The largest absolute Gasteiger partial charge is 0.461 e. The second kappa shape index (κ2) is 11.4. The van der Waals surface area contributed by atoms with E-state index in [-0.39, 0.29) is 64.2 Å². The van der Waals surface area contributed by atoms with Gasteiger partial charge in [0.15, 0.2) is 0 Å². The third kappa shape index (κ3) is 5.14. The molecule has 0 spiro atoms. The van der Waals surface area contributed by atoms with E-state index in [9.17, 15) is 9.59 Å². The van der Waals surface area contributed by atoms with Crippen LogP contribution >= 0.6 is 0 Å². The molecule has 8 atom stereocenters. The minimum atomic E-state index is -0.487. The summed E-state index contributed by atoms with van der Waals surface area (Å²) in [4.78, 5) is 36.1. The van der Waals surface area contributed by atoms with Gasteiger partial charge in [-0.2, -0.15) is 0 Å². The molecule has 0 saturated heterocycles. The Kier molecular flexibility index (Phi) is 8.38. The average molecular weight is 648 g/mol. The quantitative estimate of drug-likeness (QED) is 0.254. The van der Waals surface area contributed by atoms with Gasteiger partial charge in [-0.15, -0.1) is 0 Å². The summed E-state index contributed by atoms with van der Waals surface area (Å²) in [6.45, 7) is 23.2. The van der Waals surface area contributed by atoms with E-state index in [1.807, 2.05) is 20.8 Å². The van der Waals surface area contributed by atoms with Gasteiger partial charge in [0, 0.05) is 5.41 Å². The summed E-state index contributed by atoms with van der Waals surface area (Å²) in [6, 6.07) is 0. The van der Waals surface area contributed by atoms with Gasteiger partial charge in [0.25, 0.3) is 0 Å². The maximum absolute atomic E-state index is 14.4. The Balaban J connectivity index is 1.32. The van der Waals surface area contributed by atoms with Crippen molar-refractivity contribution < 1.29 is 19.1 Å². The molecule has 2 N–H and O–H groups in total. The first kappa shape index (κ1) is 34.6. The highest BCUT2D eigenvalue weighted by atomic mass is 16.5. The number of carbonyl (C=O) groups is 2. The van der Waals surface area contributed by atoms with E-state index < -0.39 is 5.41 Å². The van der Waals surface area contributed by atoms with Gasteiger partial charge in [-0.25, -0.2) is 0 Å². The van der Waals surface area contributed by atoms with E-state index in [1.54, 1.807) is 5.57 Å². The molecule has 5 aliphatic rings. The topological polar surface area (TPSA) is 104 Å². The number of carbonyl (C=O) groups excluding carboxylic acids is 2. The Hall–Kier alpha value is -2.28. The number of hydrogen-bond acceptors (Lipinski definition) is 7. The molecule has 0 radical (unpaired) electrons. The monoisotopic (exact) mass is 647 g/mol. The van der Waals surface area contributed by atoms with Crippen LogP contribution in [0.25, 0.3) is 0 Å². The molecule has 0 amide bonds. The number of allylic oxidation sites excluding steroid dienone is 2. The second-order valence-corrected chi connectivity index (χ2v) is 18.4. The van der Waals surface area contributed by atoms with Crippen LogP contribution in [0.2, 0.25) is 0 Å². The molecule has 260 valence electrons. The van der Waals surface area contributed by atoms with E-state index in [0.717, 1.165) is 87.0 Å². The zero-order chi connectivity index (χ0) is 34.4. The number of hydrogen-bond donors (Lipinski definition) is 1. The number of esters is 2. The third-order valence-corrected chi connectivity index (χ3v) is 15.3. The molecule has 7 nitrogen and oxygen atoms in total. The van der Waals surface area contributed by atoms with Crippen molar-refractivity contribution in [1.82, 2.24) is 9.97 Å². The van der Waals surface area contributed by atoms with Crippen molar-refractivity contribution in [2.24, 2.45) is 56.0 Å². The van der Waals surface area contributed by atoms with Crippen LogP contribution < -0.4 is 5.73 Å². The van der Waals surface area contributed by atoms with Crippen LogP contribution in [0.1, 0.15) is 135 Å². The Morgan fingerprint density at radius 3 is 2.23 bits per heavy atom. The minimum absolute atomic E-state index is 0.0227. The first-order chi connectivity index (χ1) is 21.8. The SMILES string of the molecule is Cc1nc(C)c(COC(=O)[C@]23CCC(C)(C)C[C@H]2C2=CC[C@@H]4[C@@]5(C)CC[C@H](OC(=O)CN)C(C)(C)[C@@H]5CC[C@@]4(C)[C@]2(C)CC3)nc1C. The summed E-state index contributed by atoms with van der Waals surface area (Å²) in [5.41, 5.74) is 10.5. The Labute approximate surface area is 283 Å². The van der Waals surface area contributed by atoms with Gasteiger partial charge in [-0.3, -0.25) is 19.6 Å². The fraction of sp³-hybridized carbons (Fsp3) is 0.800. The van der Waals surface area contributed by atoms with Gasteiger partial charge in [0.05, 0.1) is 34.7 Å². The second-order valence-electron chi connectivity index (χ2n) is 18.4. The van der Waals surface area contributed by atoms with E-state index >= 15 is 0 Å². The van der Waals surface area contributed by atoms with E-state index in [1.165, 1.54) is 0 Å². The first-order valence-electron chi connectivity index (χ1n) is 18.4. The van der Waals surface area contributed by atoms with Crippen molar-refractivity contribution in [3.63, 3.8) is 0 Å². The molecular formula is C40H61N3O4. The smallest absolute Gasteiger partial charge is 0.319 e. The lowest BCUT2D eigenvalue weighted by molar-refractivity contribution is -0.214. The summed E-state index contributed by atoms with van der Waals surface area (Å²) in [5, 5.41) is 0. The molecule has 0 aromatic carbocycles. The predicted molar refractivity (Wildman–Crippen MR) is 184 cm³/mol. The standard InChI is InChI=1S/C40H61N3O4/c1-24-25(2)43-29(26(3)42-24)23-46-34(45)40-19-17-35(4,5)21-28(40)27-11-12-31-37(8)15-14-32(47-33(44)22-41)36(6,7)30(37)13-16-39(31,10)38(27,9)18-20-40/h11,28,30-32H,12-23,41H2,1-10H3/t28-,30-,31+,32-,37-,38+,39+,40-/m0/s1. The number of aryl methyl sites for hydroxylation is 3.